The molecule has 0 saturated heterocycles. The third-order valence-corrected chi connectivity index (χ3v) is 5.89. The summed E-state index contributed by atoms with van der Waals surface area (Å²) < 4.78 is 26.4. The molecule has 9 heteroatoms. The Balaban J connectivity index is 3.03. The van der Waals surface area contributed by atoms with Crippen molar-refractivity contribution in [1.82, 2.24) is 9.21 Å². The molecule has 0 unspecified atom stereocenters. The molecule has 0 radical (unpaired) electrons. The number of carbonyl (C=O) groups excluding carboxylic acids is 1. The van der Waals surface area contributed by atoms with Crippen molar-refractivity contribution >= 4 is 27.7 Å². The van der Waals surface area contributed by atoms with Crippen molar-refractivity contribution in [3.8, 4) is 0 Å². The summed E-state index contributed by atoms with van der Waals surface area (Å²) >= 11 is 0. The van der Waals surface area contributed by atoms with E-state index in [1.807, 2.05) is 0 Å². The maximum absolute atomic E-state index is 12.6. The van der Waals surface area contributed by atoms with E-state index in [1.54, 1.807) is 26.8 Å². The lowest BCUT2D eigenvalue weighted by Gasteiger charge is -2.22. The van der Waals surface area contributed by atoms with Crippen LogP contribution in [0.15, 0.2) is 23.1 Å². The molecule has 140 valence electrons. The molecule has 2 N–H and O–H groups in total. The average Bonchev–Trinajstić information content (AvgIpc) is 2.53. The average molecular weight is 371 g/mol. The molecule has 1 aromatic carbocycles. The molecule has 0 aliphatic carbocycles. The van der Waals surface area contributed by atoms with Gasteiger partial charge < -0.3 is 15.3 Å². The molecule has 0 fully saturated rings. The van der Waals surface area contributed by atoms with Crippen molar-refractivity contribution in [1.29, 1.82) is 0 Å². The molecule has 0 aliphatic rings. The van der Waals surface area contributed by atoms with E-state index in [1.165, 1.54) is 35.4 Å². The van der Waals surface area contributed by atoms with E-state index < -0.39 is 22.0 Å². The van der Waals surface area contributed by atoms with Gasteiger partial charge in [0.1, 0.15) is 0 Å². The molecule has 2 amide bonds. The van der Waals surface area contributed by atoms with Crippen molar-refractivity contribution < 1.29 is 23.1 Å². The third-order valence-electron chi connectivity index (χ3n) is 3.86. The van der Waals surface area contributed by atoms with E-state index in [4.69, 9.17) is 5.11 Å². The third kappa shape index (κ3) is 5.43. The van der Waals surface area contributed by atoms with E-state index in [0.29, 0.717) is 11.3 Å². The fourth-order valence-corrected chi connectivity index (χ4v) is 3.31. The van der Waals surface area contributed by atoms with Crippen molar-refractivity contribution in [3.05, 3.63) is 23.8 Å². The van der Waals surface area contributed by atoms with Crippen molar-refractivity contribution in [2.75, 3.05) is 26.0 Å². The molecule has 0 saturated carbocycles. The monoisotopic (exact) mass is 371 g/mol. The highest BCUT2D eigenvalue weighted by atomic mass is 32.2. The molecule has 0 bridgehead atoms. The van der Waals surface area contributed by atoms with E-state index in [0.717, 1.165) is 0 Å². The molecule has 0 aromatic heterocycles. The van der Waals surface area contributed by atoms with E-state index in [2.05, 4.69) is 5.32 Å². The van der Waals surface area contributed by atoms with Crippen LogP contribution in [0.4, 0.5) is 10.5 Å². The Labute approximate surface area is 148 Å². The van der Waals surface area contributed by atoms with E-state index >= 15 is 0 Å². The molecular formula is C16H25N3O5S. The van der Waals surface area contributed by atoms with Crippen LogP contribution in [-0.2, 0) is 14.8 Å². The predicted octanol–water partition coefficient (Wildman–Crippen LogP) is 1.96. The summed E-state index contributed by atoms with van der Waals surface area (Å²) in [6.45, 7) is 5.33. The second kappa shape index (κ2) is 8.30. The van der Waals surface area contributed by atoms with Gasteiger partial charge in [-0.3, -0.25) is 4.79 Å². The van der Waals surface area contributed by atoms with Crippen LogP contribution in [0.25, 0.3) is 0 Å². The zero-order valence-electron chi connectivity index (χ0n) is 15.1. The molecule has 0 spiro atoms. The molecule has 25 heavy (non-hydrogen) atoms. The first kappa shape index (κ1) is 20.9. The van der Waals surface area contributed by atoms with Crippen LogP contribution in [0.5, 0.6) is 0 Å². The summed E-state index contributed by atoms with van der Waals surface area (Å²) in [5.74, 6) is -0.999. The van der Waals surface area contributed by atoms with Gasteiger partial charge in [-0.05, 0) is 38.5 Å². The number of amides is 2. The molecular weight excluding hydrogens is 346 g/mol. The molecule has 8 nitrogen and oxygen atoms in total. The number of carbonyl (C=O) groups is 2. The summed E-state index contributed by atoms with van der Waals surface area (Å²) in [6.07, 6.45) is -0.170. The van der Waals surface area contributed by atoms with Gasteiger partial charge in [-0.25, -0.2) is 13.2 Å². The van der Waals surface area contributed by atoms with Crippen LogP contribution in [0.3, 0.4) is 0 Å². The minimum Gasteiger partial charge on any atom is -0.481 e. The van der Waals surface area contributed by atoms with Crippen molar-refractivity contribution in [2.45, 2.75) is 38.1 Å². The number of benzene rings is 1. The van der Waals surface area contributed by atoms with E-state index in [-0.39, 0.29) is 23.9 Å². The highest BCUT2D eigenvalue weighted by Crippen LogP contribution is 2.23. The zero-order valence-corrected chi connectivity index (χ0v) is 15.9. The summed E-state index contributed by atoms with van der Waals surface area (Å²) in [4.78, 5) is 24.0. The smallest absolute Gasteiger partial charge is 0.321 e. The number of sulfonamides is 1. The topological polar surface area (TPSA) is 107 Å². The van der Waals surface area contributed by atoms with Crippen molar-refractivity contribution in [3.63, 3.8) is 0 Å². The number of urea groups is 1. The normalized spacial score (nSPS) is 11.6. The number of nitrogens with one attached hydrogen (secondary N) is 1. The molecule has 0 atom stereocenters. The van der Waals surface area contributed by atoms with Gasteiger partial charge in [0.15, 0.2) is 0 Å². The Bertz CT molecular complexity index is 746. The Hall–Kier alpha value is -2.13. The minimum atomic E-state index is -3.66. The van der Waals surface area contributed by atoms with E-state index in [9.17, 15) is 18.0 Å². The minimum absolute atomic E-state index is 0.0499. The van der Waals surface area contributed by atoms with Gasteiger partial charge in [0.25, 0.3) is 0 Å². The van der Waals surface area contributed by atoms with Crippen LogP contribution in [0.1, 0.15) is 25.8 Å². The Morgan fingerprint density at radius 1 is 1.24 bits per heavy atom. The summed E-state index contributed by atoms with van der Waals surface area (Å²) in [5.41, 5.74) is 1.07. The van der Waals surface area contributed by atoms with Crippen molar-refractivity contribution in [2.24, 2.45) is 0 Å². The largest absolute Gasteiger partial charge is 0.481 e. The number of carboxylic acid groups (broad SMARTS) is 1. The lowest BCUT2D eigenvalue weighted by Crippen LogP contribution is -2.34. The second-order valence-electron chi connectivity index (χ2n) is 6.09. The molecule has 1 rings (SSSR count). The van der Waals surface area contributed by atoms with Gasteiger partial charge in [0, 0.05) is 32.4 Å². The van der Waals surface area contributed by atoms with Gasteiger partial charge >= 0.3 is 12.0 Å². The summed E-state index contributed by atoms with van der Waals surface area (Å²) in [5, 5.41) is 11.3. The number of aliphatic carboxylic acids is 1. The van der Waals surface area contributed by atoms with Gasteiger partial charge in [-0.2, -0.15) is 4.31 Å². The van der Waals surface area contributed by atoms with Crippen LogP contribution in [0, 0.1) is 6.92 Å². The molecule has 0 aliphatic heterocycles. The fourth-order valence-electron chi connectivity index (χ4n) is 1.92. The first-order valence-electron chi connectivity index (χ1n) is 7.79. The Kier molecular flexibility index (Phi) is 6.95. The second-order valence-corrected chi connectivity index (χ2v) is 8.08. The van der Waals surface area contributed by atoms with Crippen LogP contribution in [0.2, 0.25) is 0 Å². The van der Waals surface area contributed by atoms with Gasteiger partial charge in [-0.1, -0.05) is 6.07 Å². The summed E-state index contributed by atoms with van der Waals surface area (Å²) in [6, 6.07) is 3.82. The lowest BCUT2D eigenvalue weighted by atomic mass is 10.2. The van der Waals surface area contributed by atoms with Gasteiger partial charge in [-0.15, -0.1) is 0 Å². The Morgan fingerprint density at radius 2 is 1.84 bits per heavy atom. The first-order valence-corrected chi connectivity index (χ1v) is 9.23. The number of nitrogens with zero attached hydrogens (tertiary/aromatic N) is 2. The summed E-state index contributed by atoms with van der Waals surface area (Å²) in [7, 11) is -0.694. The highest BCUT2D eigenvalue weighted by molar-refractivity contribution is 7.89. The van der Waals surface area contributed by atoms with Crippen LogP contribution in [-0.4, -0.2) is 61.4 Å². The zero-order chi connectivity index (χ0) is 19.4. The van der Waals surface area contributed by atoms with Gasteiger partial charge in [0.2, 0.25) is 10.0 Å². The SMILES string of the molecule is Cc1ccc(S(=O)(=O)N(C)C(C)C)cc1NC(=O)N(C)CCC(=O)O. The number of anilines is 1. The predicted molar refractivity (Wildman–Crippen MR) is 95.2 cm³/mol. The van der Waals surface area contributed by atoms with Crippen LogP contribution >= 0.6 is 0 Å². The fraction of sp³-hybridized carbons (Fsp3) is 0.500. The number of rotatable bonds is 7. The quantitative estimate of drug-likeness (QED) is 0.762. The van der Waals surface area contributed by atoms with Gasteiger partial charge in [0.05, 0.1) is 11.3 Å². The standard InChI is InChI=1S/C16H25N3O5S/c1-11(2)19(5)25(23,24)13-7-6-12(3)14(10-13)17-16(22)18(4)9-8-15(20)21/h6-7,10-11H,8-9H2,1-5H3,(H,17,22)(H,20,21). The number of aryl methyl sites for hydroxylation is 1. The maximum Gasteiger partial charge on any atom is 0.321 e. The number of carboxylic acids is 1. The number of hydrogen-bond donors (Lipinski definition) is 2. The number of hydrogen-bond acceptors (Lipinski definition) is 4. The maximum atomic E-state index is 12.6. The first-order chi connectivity index (χ1) is 11.5. The molecule has 1 aromatic rings. The molecule has 0 heterocycles. The lowest BCUT2D eigenvalue weighted by molar-refractivity contribution is -0.137. The Morgan fingerprint density at radius 3 is 2.36 bits per heavy atom. The highest BCUT2D eigenvalue weighted by Gasteiger charge is 2.24. The van der Waals surface area contributed by atoms with Crippen LogP contribution < -0.4 is 5.32 Å².